The van der Waals surface area contributed by atoms with Crippen LogP contribution in [0.15, 0.2) is 11.0 Å². The van der Waals surface area contributed by atoms with Gasteiger partial charge in [-0.2, -0.15) is 4.31 Å². The van der Waals surface area contributed by atoms with Crippen molar-refractivity contribution in [1.29, 1.82) is 0 Å². The molecule has 1 saturated heterocycles. The summed E-state index contributed by atoms with van der Waals surface area (Å²) in [5.41, 5.74) is 0. The number of hydrogen-bond donors (Lipinski definition) is 1. The van der Waals surface area contributed by atoms with Crippen molar-refractivity contribution in [2.45, 2.75) is 31.7 Å². The molecule has 0 bridgehead atoms. The van der Waals surface area contributed by atoms with Crippen LogP contribution in [0.1, 0.15) is 23.1 Å². The van der Waals surface area contributed by atoms with Crippen LogP contribution >= 0.6 is 11.3 Å². The van der Waals surface area contributed by atoms with E-state index in [2.05, 4.69) is 17.1 Å². The third-order valence-corrected chi connectivity index (χ3v) is 6.93. The molecule has 1 aromatic rings. The third-order valence-electron chi connectivity index (χ3n) is 3.73. The Balaban J connectivity index is 2.12. The Labute approximate surface area is 132 Å². The summed E-state index contributed by atoms with van der Waals surface area (Å²) in [6, 6.07) is 1.84. The van der Waals surface area contributed by atoms with E-state index in [1.54, 1.807) is 15.6 Å². The van der Waals surface area contributed by atoms with Gasteiger partial charge in [-0.3, -0.25) is 0 Å². The number of nitrogens with zero attached hydrogens (tertiary/aromatic N) is 2. The Morgan fingerprint density at radius 2 is 1.95 bits per heavy atom. The number of thiophene rings is 1. The van der Waals surface area contributed by atoms with Gasteiger partial charge in [0.2, 0.25) is 10.0 Å². The minimum atomic E-state index is -3.34. The van der Waals surface area contributed by atoms with Gasteiger partial charge >= 0.3 is 0 Å². The van der Waals surface area contributed by atoms with Crippen molar-refractivity contribution in [3.8, 4) is 0 Å². The van der Waals surface area contributed by atoms with Crippen molar-refractivity contribution in [3.05, 3.63) is 15.8 Å². The minimum absolute atomic E-state index is 0.491. The van der Waals surface area contributed by atoms with Crippen molar-refractivity contribution in [3.63, 3.8) is 0 Å². The fourth-order valence-corrected chi connectivity index (χ4v) is 5.42. The van der Waals surface area contributed by atoms with Crippen LogP contribution in [0.3, 0.4) is 0 Å². The van der Waals surface area contributed by atoms with E-state index in [-0.39, 0.29) is 0 Å². The number of hydrogen-bond acceptors (Lipinski definition) is 5. The average Bonchev–Trinajstić information content (AvgIpc) is 2.81. The first-order valence-electron chi connectivity index (χ1n) is 7.44. The predicted molar refractivity (Wildman–Crippen MR) is 87.3 cm³/mol. The molecule has 21 heavy (non-hydrogen) atoms. The lowest BCUT2D eigenvalue weighted by Gasteiger charge is -2.31. The Hall–Kier alpha value is -0.470. The fourth-order valence-electron chi connectivity index (χ4n) is 2.42. The monoisotopic (exact) mass is 331 g/mol. The quantitative estimate of drug-likeness (QED) is 0.803. The molecular weight excluding hydrogens is 306 g/mol. The number of sulfonamides is 1. The number of aryl methyl sites for hydroxylation is 1. The number of rotatable bonds is 6. The lowest BCUT2D eigenvalue weighted by atomic mass is 10.4. The minimum Gasteiger partial charge on any atom is -0.312 e. The van der Waals surface area contributed by atoms with Crippen molar-refractivity contribution < 1.29 is 8.42 Å². The molecule has 0 amide bonds. The van der Waals surface area contributed by atoms with E-state index in [1.807, 2.05) is 20.0 Å². The molecule has 0 aliphatic carbocycles. The zero-order chi connectivity index (χ0) is 15.5. The van der Waals surface area contributed by atoms with E-state index in [4.69, 9.17) is 0 Å². The van der Waals surface area contributed by atoms with Gasteiger partial charge in [0, 0.05) is 42.5 Å². The van der Waals surface area contributed by atoms with Crippen LogP contribution in [0, 0.1) is 6.92 Å². The molecule has 0 unspecified atom stereocenters. The molecule has 2 rings (SSSR count). The molecule has 1 N–H and O–H groups in total. The highest BCUT2D eigenvalue weighted by molar-refractivity contribution is 7.89. The van der Waals surface area contributed by atoms with Gasteiger partial charge in [-0.15, -0.1) is 11.3 Å². The molecule has 1 aliphatic heterocycles. The summed E-state index contributed by atoms with van der Waals surface area (Å²) in [5.74, 6) is 0. The zero-order valence-corrected chi connectivity index (χ0v) is 14.7. The summed E-state index contributed by atoms with van der Waals surface area (Å²) in [7, 11) is -1.31. The van der Waals surface area contributed by atoms with Gasteiger partial charge in [0.25, 0.3) is 0 Å². The SMILES string of the molecule is CCCNCc1cc(S(=O)(=O)N2CCN(C)CC2)c(C)s1. The van der Waals surface area contributed by atoms with E-state index in [0.29, 0.717) is 18.0 Å². The van der Waals surface area contributed by atoms with Crippen molar-refractivity contribution in [1.82, 2.24) is 14.5 Å². The summed E-state index contributed by atoms with van der Waals surface area (Å²) in [6.07, 6.45) is 1.08. The Morgan fingerprint density at radius 1 is 1.29 bits per heavy atom. The van der Waals surface area contributed by atoms with Crippen LogP contribution in [0.25, 0.3) is 0 Å². The molecule has 2 heterocycles. The molecule has 7 heteroatoms. The highest BCUT2D eigenvalue weighted by atomic mass is 32.2. The lowest BCUT2D eigenvalue weighted by Crippen LogP contribution is -2.47. The molecule has 5 nitrogen and oxygen atoms in total. The molecule has 1 aliphatic rings. The van der Waals surface area contributed by atoms with E-state index >= 15 is 0 Å². The van der Waals surface area contributed by atoms with Gasteiger partial charge < -0.3 is 10.2 Å². The second kappa shape index (κ2) is 7.19. The van der Waals surface area contributed by atoms with Crippen LogP contribution < -0.4 is 5.32 Å². The lowest BCUT2D eigenvalue weighted by molar-refractivity contribution is 0.222. The van der Waals surface area contributed by atoms with Crippen molar-refractivity contribution in [2.75, 3.05) is 39.8 Å². The molecular formula is C14H25N3O2S2. The van der Waals surface area contributed by atoms with Gasteiger partial charge in [0.1, 0.15) is 0 Å². The smallest absolute Gasteiger partial charge is 0.244 e. The highest BCUT2D eigenvalue weighted by Gasteiger charge is 2.29. The second-order valence-corrected chi connectivity index (χ2v) is 8.76. The van der Waals surface area contributed by atoms with Gasteiger partial charge in [0.15, 0.2) is 0 Å². The third kappa shape index (κ3) is 4.04. The fraction of sp³-hybridized carbons (Fsp3) is 0.714. The maximum absolute atomic E-state index is 12.8. The van der Waals surface area contributed by atoms with E-state index in [0.717, 1.165) is 42.4 Å². The number of piperazine rings is 1. The Bertz CT molecular complexity index is 561. The topological polar surface area (TPSA) is 52.7 Å². The molecule has 0 aromatic carbocycles. The van der Waals surface area contributed by atoms with Crippen molar-refractivity contribution >= 4 is 21.4 Å². The Morgan fingerprint density at radius 3 is 2.57 bits per heavy atom. The van der Waals surface area contributed by atoms with Gasteiger partial charge in [-0.1, -0.05) is 6.92 Å². The highest BCUT2D eigenvalue weighted by Crippen LogP contribution is 2.28. The maximum atomic E-state index is 12.8. The molecule has 0 radical (unpaired) electrons. The predicted octanol–water partition coefficient (Wildman–Crippen LogP) is 1.49. The molecule has 120 valence electrons. The van der Waals surface area contributed by atoms with Crippen LogP contribution in [0.5, 0.6) is 0 Å². The molecule has 0 atom stereocenters. The maximum Gasteiger partial charge on any atom is 0.244 e. The standard InChI is InChI=1S/C14H25N3O2S2/c1-4-5-15-11-13-10-14(12(2)20-13)21(18,19)17-8-6-16(3)7-9-17/h10,15H,4-9,11H2,1-3H3. The molecule has 0 saturated carbocycles. The van der Waals surface area contributed by atoms with Crippen LogP contribution in [0.4, 0.5) is 0 Å². The first kappa shape index (κ1) is 16.9. The van der Waals surface area contributed by atoms with Gasteiger partial charge in [-0.25, -0.2) is 8.42 Å². The summed E-state index contributed by atoms with van der Waals surface area (Å²) in [5, 5.41) is 3.32. The van der Waals surface area contributed by atoms with Crippen molar-refractivity contribution in [2.24, 2.45) is 0 Å². The first-order chi connectivity index (χ1) is 9.95. The van der Waals surface area contributed by atoms with Gasteiger partial charge in [0.05, 0.1) is 4.90 Å². The van der Waals surface area contributed by atoms with E-state index in [9.17, 15) is 8.42 Å². The summed E-state index contributed by atoms with van der Waals surface area (Å²) in [4.78, 5) is 4.63. The zero-order valence-electron chi connectivity index (χ0n) is 13.1. The largest absolute Gasteiger partial charge is 0.312 e. The van der Waals surface area contributed by atoms with Gasteiger partial charge in [-0.05, 0) is 33.0 Å². The van der Waals surface area contributed by atoms with E-state index < -0.39 is 10.0 Å². The molecule has 1 fully saturated rings. The normalized spacial score (nSPS) is 18.2. The van der Waals surface area contributed by atoms with Crippen LogP contribution in [-0.2, 0) is 16.6 Å². The average molecular weight is 332 g/mol. The first-order valence-corrected chi connectivity index (χ1v) is 9.69. The number of likely N-dealkylation sites (N-methyl/N-ethyl adjacent to an activating group) is 1. The van der Waals surface area contributed by atoms with E-state index in [1.165, 1.54) is 0 Å². The van der Waals surface area contributed by atoms with Crippen LogP contribution in [0.2, 0.25) is 0 Å². The van der Waals surface area contributed by atoms with Crippen LogP contribution in [-0.4, -0.2) is 57.4 Å². The summed E-state index contributed by atoms with van der Waals surface area (Å²) >= 11 is 1.58. The summed E-state index contributed by atoms with van der Waals surface area (Å²) in [6.45, 7) is 8.48. The second-order valence-electron chi connectivity index (χ2n) is 5.52. The molecule has 0 spiro atoms. The Kier molecular flexibility index (Phi) is 5.79. The summed E-state index contributed by atoms with van der Waals surface area (Å²) < 4.78 is 27.1. The molecule has 1 aromatic heterocycles. The number of nitrogens with one attached hydrogen (secondary N) is 1.